The van der Waals surface area contributed by atoms with Crippen LogP contribution in [0.1, 0.15) is 12.5 Å². The van der Waals surface area contributed by atoms with Gasteiger partial charge in [-0.25, -0.2) is 0 Å². The van der Waals surface area contributed by atoms with Crippen LogP contribution in [0.5, 0.6) is 0 Å². The van der Waals surface area contributed by atoms with E-state index >= 15 is 0 Å². The third-order valence-corrected chi connectivity index (χ3v) is 1.47. The summed E-state index contributed by atoms with van der Waals surface area (Å²) < 4.78 is 4.98. The Labute approximate surface area is 77.1 Å². The van der Waals surface area contributed by atoms with Crippen molar-refractivity contribution in [2.24, 2.45) is 4.99 Å². The van der Waals surface area contributed by atoms with Gasteiger partial charge in [0.15, 0.2) is 0 Å². The molecule has 0 fully saturated rings. The molecule has 3 heteroatoms. The summed E-state index contributed by atoms with van der Waals surface area (Å²) in [4.78, 5) is 14.4. The summed E-state index contributed by atoms with van der Waals surface area (Å²) in [5, 5.41) is 0. The minimum absolute atomic E-state index is 0.263. The Morgan fingerprint density at radius 2 is 1.92 bits per heavy atom. The highest BCUT2D eigenvalue weighted by atomic mass is 16.5. The van der Waals surface area contributed by atoms with Crippen LogP contribution in [0.3, 0.4) is 0 Å². The zero-order valence-corrected chi connectivity index (χ0v) is 7.65. The number of benzene rings is 1. The van der Waals surface area contributed by atoms with Gasteiger partial charge in [-0.3, -0.25) is 4.79 Å². The zero-order chi connectivity index (χ0) is 9.68. The van der Waals surface area contributed by atoms with Crippen LogP contribution < -0.4 is 0 Å². The molecule has 1 aromatic carbocycles. The highest BCUT2D eigenvalue weighted by Gasteiger charge is 2.02. The van der Waals surface area contributed by atoms with Gasteiger partial charge in [0.05, 0.1) is 7.11 Å². The first kappa shape index (κ1) is 9.45. The summed E-state index contributed by atoms with van der Waals surface area (Å²) >= 11 is 0. The Balaban J connectivity index is 2.98. The van der Waals surface area contributed by atoms with Gasteiger partial charge in [0.25, 0.3) is 0 Å². The Hall–Kier alpha value is -1.64. The van der Waals surface area contributed by atoms with E-state index in [0.717, 1.165) is 5.56 Å². The fraction of sp³-hybridized carbons (Fsp3) is 0.200. The SMILES string of the molecule is COC(=NC(C)=O)c1ccccc1. The normalized spacial score (nSPS) is 11.1. The number of carbonyl (C=O) groups is 1. The lowest BCUT2D eigenvalue weighted by atomic mass is 10.2. The van der Waals surface area contributed by atoms with Crippen molar-refractivity contribution in [2.75, 3.05) is 7.11 Å². The van der Waals surface area contributed by atoms with Gasteiger partial charge in [0.2, 0.25) is 11.8 Å². The number of nitrogens with zero attached hydrogens (tertiary/aromatic N) is 1. The molecule has 68 valence electrons. The lowest BCUT2D eigenvalue weighted by Crippen LogP contribution is -2.05. The van der Waals surface area contributed by atoms with Gasteiger partial charge in [-0.1, -0.05) is 18.2 Å². The highest BCUT2D eigenvalue weighted by Crippen LogP contribution is 2.01. The molecule has 1 aromatic rings. The number of hydrogen-bond acceptors (Lipinski definition) is 2. The van der Waals surface area contributed by atoms with Crippen molar-refractivity contribution in [2.45, 2.75) is 6.92 Å². The first-order valence-electron chi connectivity index (χ1n) is 3.92. The first-order valence-corrected chi connectivity index (χ1v) is 3.92. The molecule has 3 nitrogen and oxygen atoms in total. The van der Waals surface area contributed by atoms with E-state index in [9.17, 15) is 4.79 Å². The lowest BCUT2D eigenvalue weighted by Gasteiger charge is -2.02. The Morgan fingerprint density at radius 3 is 2.38 bits per heavy atom. The summed E-state index contributed by atoms with van der Waals surface area (Å²) in [5.74, 6) is 0.0915. The molecule has 0 saturated heterocycles. The molecule has 0 aromatic heterocycles. The quantitative estimate of drug-likeness (QED) is 0.483. The molecule has 13 heavy (non-hydrogen) atoms. The van der Waals surface area contributed by atoms with Gasteiger partial charge in [-0.05, 0) is 12.1 Å². The number of rotatable bonds is 1. The molecule has 0 aliphatic heterocycles. The average Bonchev–Trinajstić information content (AvgIpc) is 2.15. The predicted octanol–water partition coefficient (Wildman–Crippen LogP) is 1.63. The Kier molecular flexibility index (Phi) is 3.20. The van der Waals surface area contributed by atoms with Crippen LogP contribution in [-0.2, 0) is 9.53 Å². The number of methoxy groups -OCH3 is 1. The molecule has 1 rings (SSSR count). The number of hydrogen-bond donors (Lipinski definition) is 0. The van der Waals surface area contributed by atoms with Crippen molar-refractivity contribution in [3.63, 3.8) is 0 Å². The third-order valence-electron chi connectivity index (χ3n) is 1.47. The van der Waals surface area contributed by atoms with Gasteiger partial charge < -0.3 is 4.74 Å². The maximum absolute atomic E-state index is 10.7. The zero-order valence-electron chi connectivity index (χ0n) is 7.65. The Morgan fingerprint density at radius 1 is 1.31 bits per heavy atom. The average molecular weight is 177 g/mol. The van der Waals surface area contributed by atoms with E-state index < -0.39 is 0 Å². The first-order chi connectivity index (χ1) is 6.24. The van der Waals surface area contributed by atoms with E-state index in [2.05, 4.69) is 4.99 Å². The van der Waals surface area contributed by atoms with E-state index in [4.69, 9.17) is 4.74 Å². The van der Waals surface area contributed by atoms with Gasteiger partial charge in [-0.15, -0.1) is 0 Å². The smallest absolute Gasteiger partial charge is 0.245 e. The van der Waals surface area contributed by atoms with E-state index in [1.165, 1.54) is 14.0 Å². The van der Waals surface area contributed by atoms with E-state index in [-0.39, 0.29) is 5.91 Å². The fourth-order valence-corrected chi connectivity index (χ4v) is 0.952. The summed E-state index contributed by atoms with van der Waals surface area (Å²) in [7, 11) is 1.49. The molecule has 0 radical (unpaired) electrons. The minimum atomic E-state index is -0.263. The summed E-state index contributed by atoms with van der Waals surface area (Å²) in [6.07, 6.45) is 0. The molecule has 0 spiro atoms. The summed E-state index contributed by atoms with van der Waals surface area (Å²) in [6.45, 7) is 1.39. The highest BCUT2D eigenvalue weighted by molar-refractivity contribution is 6.00. The number of amides is 1. The van der Waals surface area contributed by atoms with E-state index in [1.54, 1.807) is 0 Å². The molecule has 0 bridgehead atoms. The van der Waals surface area contributed by atoms with Crippen LogP contribution in [0, 0.1) is 0 Å². The van der Waals surface area contributed by atoms with Crippen molar-refractivity contribution in [3.8, 4) is 0 Å². The largest absolute Gasteiger partial charge is 0.480 e. The van der Waals surface area contributed by atoms with Gasteiger partial charge in [0, 0.05) is 12.5 Å². The number of aliphatic imine (C=N–C) groups is 1. The van der Waals surface area contributed by atoms with Crippen molar-refractivity contribution in [3.05, 3.63) is 35.9 Å². The molecule has 0 aliphatic carbocycles. The van der Waals surface area contributed by atoms with Crippen molar-refractivity contribution in [1.82, 2.24) is 0 Å². The number of ether oxygens (including phenoxy) is 1. The van der Waals surface area contributed by atoms with Crippen molar-refractivity contribution < 1.29 is 9.53 Å². The maximum atomic E-state index is 10.7. The summed E-state index contributed by atoms with van der Waals surface area (Å²) in [5.41, 5.74) is 0.806. The molecular formula is C10H11NO2. The van der Waals surface area contributed by atoms with Crippen molar-refractivity contribution >= 4 is 11.8 Å². The summed E-state index contributed by atoms with van der Waals surface area (Å²) in [6, 6.07) is 9.30. The maximum Gasteiger partial charge on any atom is 0.245 e. The topological polar surface area (TPSA) is 38.7 Å². The molecule has 1 amide bonds. The molecule has 0 N–H and O–H groups in total. The van der Waals surface area contributed by atoms with E-state index in [0.29, 0.717) is 5.90 Å². The van der Waals surface area contributed by atoms with Crippen LogP contribution in [0.15, 0.2) is 35.3 Å². The molecule has 0 aliphatic rings. The van der Waals surface area contributed by atoms with Crippen LogP contribution in [0.25, 0.3) is 0 Å². The second kappa shape index (κ2) is 4.40. The predicted molar refractivity (Wildman–Crippen MR) is 50.7 cm³/mol. The third kappa shape index (κ3) is 2.71. The second-order valence-corrected chi connectivity index (χ2v) is 2.51. The van der Waals surface area contributed by atoms with Gasteiger partial charge in [-0.2, -0.15) is 4.99 Å². The van der Waals surface area contributed by atoms with E-state index in [1.807, 2.05) is 30.3 Å². The van der Waals surface area contributed by atoms with Gasteiger partial charge >= 0.3 is 0 Å². The van der Waals surface area contributed by atoms with Crippen LogP contribution in [0.4, 0.5) is 0 Å². The fourth-order valence-electron chi connectivity index (χ4n) is 0.952. The Bertz CT molecular complexity index is 317. The number of carbonyl (C=O) groups excluding carboxylic acids is 1. The molecular weight excluding hydrogens is 166 g/mol. The van der Waals surface area contributed by atoms with Crippen LogP contribution in [-0.4, -0.2) is 18.9 Å². The van der Waals surface area contributed by atoms with Crippen LogP contribution in [0.2, 0.25) is 0 Å². The standard InChI is InChI=1S/C10H11NO2/c1-8(12)11-10(13-2)9-6-4-3-5-7-9/h3-7H,1-2H3. The van der Waals surface area contributed by atoms with Gasteiger partial charge in [0.1, 0.15) is 0 Å². The molecule has 0 heterocycles. The molecule has 0 atom stereocenters. The van der Waals surface area contributed by atoms with Crippen molar-refractivity contribution in [1.29, 1.82) is 0 Å². The van der Waals surface area contributed by atoms with Crippen LogP contribution >= 0.6 is 0 Å². The monoisotopic (exact) mass is 177 g/mol. The lowest BCUT2D eigenvalue weighted by molar-refractivity contribution is -0.115. The molecule has 0 unspecified atom stereocenters. The molecule has 0 saturated carbocycles. The minimum Gasteiger partial charge on any atom is -0.480 e. The second-order valence-electron chi connectivity index (χ2n) is 2.51.